The van der Waals surface area contributed by atoms with Gasteiger partial charge in [0.05, 0.1) is 5.52 Å². The van der Waals surface area contributed by atoms with Crippen LogP contribution < -0.4 is 10.1 Å². The summed E-state index contributed by atoms with van der Waals surface area (Å²) in [4.78, 5) is 31.1. The first-order valence-corrected chi connectivity index (χ1v) is 12.5. The van der Waals surface area contributed by atoms with Crippen LogP contribution in [0.5, 0.6) is 5.75 Å². The second kappa shape index (κ2) is 10.6. The van der Waals surface area contributed by atoms with Crippen molar-refractivity contribution in [1.29, 1.82) is 0 Å². The molecule has 0 spiro atoms. The SMILES string of the molecule is Cc1c(-c2ccc(OC3CCN(C(=O)C(C)NC(=O)OC(C)(C)C)CC3)cc2)ccc2cccnc12. The number of fused-ring (bicyclic) bond motifs is 1. The number of nitrogens with zero attached hydrogens (tertiary/aromatic N) is 2. The van der Waals surface area contributed by atoms with Gasteiger partial charge < -0.3 is 19.7 Å². The first kappa shape index (κ1) is 25.5. The zero-order valence-corrected chi connectivity index (χ0v) is 21.7. The molecule has 0 bridgehead atoms. The predicted molar refractivity (Wildman–Crippen MR) is 141 cm³/mol. The van der Waals surface area contributed by atoms with E-state index in [4.69, 9.17) is 9.47 Å². The summed E-state index contributed by atoms with van der Waals surface area (Å²) in [7, 11) is 0. The zero-order chi connectivity index (χ0) is 25.9. The number of likely N-dealkylation sites (tertiary alicyclic amines) is 1. The number of piperidine rings is 1. The van der Waals surface area contributed by atoms with E-state index in [1.165, 1.54) is 0 Å². The van der Waals surface area contributed by atoms with Crippen LogP contribution in [0.3, 0.4) is 0 Å². The fourth-order valence-electron chi connectivity index (χ4n) is 4.52. The molecule has 1 aromatic heterocycles. The van der Waals surface area contributed by atoms with Gasteiger partial charge in [-0.15, -0.1) is 0 Å². The lowest BCUT2D eigenvalue weighted by Crippen LogP contribution is -2.51. The Hall–Kier alpha value is -3.61. The number of amides is 2. The van der Waals surface area contributed by atoms with Gasteiger partial charge >= 0.3 is 6.09 Å². The average Bonchev–Trinajstić information content (AvgIpc) is 2.84. The number of aromatic nitrogens is 1. The maximum Gasteiger partial charge on any atom is 0.408 e. The third-order valence-corrected chi connectivity index (χ3v) is 6.35. The summed E-state index contributed by atoms with van der Waals surface area (Å²) in [6.45, 7) is 10.3. The zero-order valence-electron chi connectivity index (χ0n) is 21.7. The van der Waals surface area contributed by atoms with Crippen LogP contribution in [-0.2, 0) is 9.53 Å². The van der Waals surface area contributed by atoms with Crippen molar-refractivity contribution >= 4 is 22.9 Å². The number of hydrogen-bond acceptors (Lipinski definition) is 5. The highest BCUT2D eigenvalue weighted by Gasteiger charge is 2.28. The van der Waals surface area contributed by atoms with Gasteiger partial charge in [-0.25, -0.2) is 4.79 Å². The number of ether oxygens (including phenoxy) is 2. The Balaban J connectivity index is 1.30. The van der Waals surface area contributed by atoms with Crippen LogP contribution in [0.15, 0.2) is 54.7 Å². The maximum atomic E-state index is 12.8. The Morgan fingerprint density at radius 2 is 1.75 bits per heavy atom. The van der Waals surface area contributed by atoms with Crippen LogP contribution in [0.2, 0.25) is 0 Å². The van der Waals surface area contributed by atoms with E-state index in [0.717, 1.165) is 46.2 Å². The molecular formula is C29H35N3O4. The van der Waals surface area contributed by atoms with Gasteiger partial charge in [0.25, 0.3) is 0 Å². The minimum absolute atomic E-state index is 0.0422. The van der Waals surface area contributed by atoms with Crippen LogP contribution in [0, 0.1) is 6.92 Å². The second-order valence-electron chi connectivity index (χ2n) is 10.3. The molecule has 1 unspecified atom stereocenters. The first-order valence-electron chi connectivity index (χ1n) is 12.5. The van der Waals surface area contributed by atoms with E-state index >= 15 is 0 Å². The summed E-state index contributed by atoms with van der Waals surface area (Å²) in [5, 5.41) is 3.77. The second-order valence-corrected chi connectivity index (χ2v) is 10.3. The lowest BCUT2D eigenvalue weighted by atomic mass is 9.98. The number of pyridine rings is 1. The minimum Gasteiger partial charge on any atom is -0.490 e. The quantitative estimate of drug-likeness (QED) is 0.512. The maximum absolute atomic E-state index is 12.8. The fraction of sp³-hybridized carbons (Fsp3) is 0.414. The highest BCUT2D eigenvalue weighted by molar-refractivity contribution is 5.88. The number of benzene rings is 2. The van der Waals surface area contributed by atoms with Crippen LogP contribution in [0.4, 0.5) is 4.79 Å². The Kier molecular flexibility index (Phi) is 7.48. The van der Waals surface area contributed by atoms with Gasteiger partial charge in [-0.1, -0.05) is 30.3 Å². The van der Waals surface area contributed by atoms with E-state index < -0.39 is 17.7 Å². The minimum atomic E-state index is -0.640. The van der Waals surface area contributed by atoms with Crippen molar-refractivity contribution in [2.24, 2.45) is 0 Å². The molecule has 190 valence electrons. The molecule has 1 saturated heterocycles. The van der Waals surface area contributed by atoms with Gasteiger partial charge in [0.15, 0.2) is 0 Å². The molecule has 7 nitrogen and oxygen atoms in total. The molecule has 7 heteroatoms. The largest absolute Gasteiger partial charge is 0.490 e. The van der Waals surface area contributed by atoms with E-state index in [-0.39, 0.29) is 12.0 Å². The molecule has 0 aliphatic carbocycles. The van der Waals surface area contributed by atoms with Gasteiger partial charge in [0.2, 0.25) is 5.91 Å². The molecule has 3 aromatic rings. The Morgan fingerprint density at radius 1 is 1.06 bits per heavy atom. The van der Waals surface area contributed by atoms with Crippen LogP contribution in [0.1, 0.15) is 46.1 Å². The Bertz CT molecular complexity index is 1230. The molecule has 0 radical (unpaired) electrons. The molecule has 2 aromatic carbocycles. The third kappa shape index (κ3) is 6.14. The van der Waals surface area contributed by atoms with Crippen LogP contribution >= 0.6 is 0 Å². The summed E-state index contributed by atoms with van der Waals surface area (Å²) in [6, 6.07) is 15.8. The summed E-state index contributed by atoms with van der Waals surface area (Å²) in [6.07, 6.45) is 2.76. The van der Waals surface area contributed by atoms with Crippen LogP contribution in [0.25, 0.3) is 22.0 Å². The normalized spacial score (nSPS) is 15.4. The number of alkyl carbamates (subject to hydrolysis) is 1. The molecule has 2 amide bonds. The average molecular weight is 490 g/mol. The van der Waals surface area contributed by atoms with Gasteiger partial charge in [-0.05, 0) is 69.5 Å². The molecule has 1 atom stereocenters. The highest BCUT2D eigenvalue weighted by atomic mass is 16.6. The monoisotopic (exact) mass is 489 g/mol. The fourth-order valence-corrected chi connectivity index (χ4v) is 4.52. The summed E-state index contributed by atoms with van der Waals surface area (Å²) < 4.78 is 11.5. The van der Waals surface area contributed by atoms with Crippen molar-refractivity contribution in [3.05, 3.63) is 60.3 Å². The number of aryl methyl sites for hydroxylation is 1. The van der Waals surface area contributed by atoms with Crippen molar-refractivity contribution in [1.82, 2.24) is 15.2 Å². The summed E-state index contributed by atoms with van der Waals surface area (Å²) >= 11 is 0. The number of rotatable bonds is 5. The lowest BCUT2D eigenvalue weighted by molar-refractivity contribution is -0.134. The standard InChI is InChI=1S/C29H35N3O4/c1-19-25(13-10-22-7-6-16-30-26(19)22)21-8-11-23(12-9-21)35-24-14-17-32(18-15-24)27(33)20(2)31-28(34)36-29(3,4)5/h6-13,16,20,24H,14-15,17-18H2,1-5H3,(H,31,34). The summed E-state index contributed by atoms with van der Waals surface area (Å²) in [5.41, 5.74) is 3.86. The third-order valence-electron chi connectivity index (χ3n) is 6.35. The van der Waals surface area contributed by atoms with Gasteiger partial charge in [-0.2, -0.15) is 0 Å². The predicted octanol–water partition coefficient (Wildman–Crippen LogP) is 5.49. The number of hydrogen-bond donors (Lipinski definition) is 1. The van der Waals surface area contributed by atoms with Crippen LogP contribution in [-0.4, -0.2) is 52.7 Å². The molecule has 4 rings (SSSR count). The smallest absolute Gasteiger partial charge is 0.408 e. The molecule has 1 aliphatic heterocycles. The van der Waals surface area contributed by atoms with E-state index in [2.05, 4.69) is 47.6 Å². The van der Waals surface area contributed by atoms with Crippen molar-refractivity contribution in [2.75, 3.05) is 13.1 Å². The van der Waals surface area contributed by atoms with Gasteiger partial charge in [0, 0.05) is 37.5 Å². The van der Waals surface area contributed by atoms with E-state index in [9.17, 15) is 9.59 Å². The number of nitrogens with one attached hydrogen (secondary N) is 1. The molecule has 1 N–H and O–H groups in total. The Labute approximate surface area is 212 Å². The molecule has 0 saturated carbocycles. The number of carbonyl (C=O) groups is 2. The number of carbonyl (C=O) groups excluding carboxylic acids is 2. The molecule has 2 heterocycles. The van der Waals surface area contributed by atoms with Gasteiger partial charge in [-0.3, -0.25) is 9.78 Å². The van der Waals surface area contributed by atoms with E-state index in [0.29, 0.717) is 13.1 Å². The molecular weight excluding hydrogens is 454 g/mol. The highest BCUT2D eigenvalue weighted by Crippen LogP contribution is 2.30. The summed E-state index contributed by atoms with van der Waals surface area (Å²) in [5.74, 6) is 0.712. The first-order chi connectivity index (χ1) is 17.1. The molecule has 1 fully saturated rings. The topological polar surface area (TPSA) is 80.8 Å². The van der Waals surface area contributed by atoms with Gasteiger partial charge in [0.1, 0.15) is 23.5 Å². The van der Waals surface area contributed by atoms with Crippen molar-refractivity contribution in [2.45, 2.75) is 65.2 Å². The lowest BCUT2D eigenvalue weighted by Gasteiger charge is -2.34. The molecule has 1 aliphatic rings. The Morgan fingerprint density at radius 3 is 2.42 bits per heavy atom. The molecule has 36 heavy (non-hydrogen) atoms. The van der Waals surface area contributed by atoms with Crippen molar-refractivity contribution < 1.29 is 19.1 Å². The van der Waals surface area contributed by atoms with E-state index in [1.54, 1.807) is 32.6 Å². The van der Waals surface area contributed by atoms with Crippen molar-refractivity contribution in [3.8, 4) is 16.9 Å². The van der Waals surface area contributed by atoms with E-state index in [1.807, 2.05) is 24.4 Å². The van der Waals surface area contributed by atoms with Crippen molar-refractivity contribution in [3.63, 3.8) is 0 Å².